The van der Waals surface area contributed by atoms with Crippen molar-refractivity contribution in [1.29, 1.82) is 0 Å². The highest BCUT2D eigenvalue weighted by Crippen LogP contribution is 2.32. The number of hydrogen-bond donors (Lipinski definition) is 1. The molecule has 1 N–H and O–H groups in total. The Morgan fingerprint density at radius 1 is 1.07 bits per heavy atom. The number of benzene rings is 3. The monoisotopic (exact) mass is 660 g/mol. The van der Waals surface area contributed by atoms with Gasteiger partial charge in [-0.05, 0) is 54.8 Å². The molecule has 0 spiro atoms. The summed E-state index contributed by atoms with van der Waals surface area (Å²) >= 11 is 1.04. The third kappa shape index (κ3) is 7.80. The fraction of sp³-hybridized carbons (Fsp3) is 0.233. The summed E-state index contributed by atoms with van der Waals surface area (Å²) in [5, 5.41) is 6.32. The van der Waals surface area contributed by atoms with E-state index in [0.717, 1.165) is 53.6 Å². The van der Waals surface area contributed by atoms with E-state index in [0.29, 0.717) is 17.8 Å². The molecule has 0 bridgehead atoms. The van der Waals surface area contributed by atoms with Crippen molar-refractivity contribution in [3.63, 3.8) is 0 Å². The van der Waals surface area contributed by atoms with Gasteiger partial charge in [0.15, 0.2) is 22.6 Å². The van der Waals surface area contributed by atoms with Gasteiger partial charge in [-0.15, -0.1) is 18.3 Å². The number of carbonyl (C=O) groups is 2. The Kier molecular flexibility index (Phi) is 9.55. The number of amidine groups is 1. The molecular formula is C30H25F5N6O4S. The summed E-state index contributed by atoms with van der Waals surface area (Å²) in [6.45, 7) is 3.57. The standard InChI is InChI=1S/C30H25F5N6O4S/c1-3-4-18-6-5-17(2)11-24(18)41-26(42)15-46-29(41)38-28(43)37-27-22(31)12-21(13-23(27)32)44-14-25-36-16-40(39-25)19-7-9-20(10-8-19)45-30(33,34)35/h5-13,16H,3-4,14-15H2,1-2H3,(H,37,43)/b38-29-. The quantitative estimate of drug-likeness (QED) is 0.194. The van der Waals surface area contributed by atoms with Crippen LogP contribution in [0.3, 0.4) is 0 Å². The van der Waals surface area contributed by atoms with Gasteiger partial charge < -0.3 is 14.8 Å². The van der Waals surface area contributed by atoms with Crippen molar-refractivity contribution >= 4 is 40.2 Å². The summed E-state index contributed by atoms with van der Waals surface area (Å²) < 4.78 is 77.4. The molecule has 16 heteroatoms. The van der Waals surface area contributed by atoms with Crippen LogP contribution in [0.15, 0.2) is 65.9 Å². The van der Waals surface area contributed by atoms with Gasteiger partial charge in [-0.3, -0.25) is 9.69 Å². The number of alkyl halides is 3. The summed E-state index contributed by atoms with van der Waals surface area (Å²) in [6, 6.07) is 11.2. The molecule has 1 saturated heterocycles. The van der Waals surface area contributed by atoms with Crippen molar-refractivity contribution in [3.05, 3.63) is 89.5 Å². The Bertz CT molecular complexity index is 1770. The molecule has 3 aromatic carbocycles. The molecule has 1 aliphatic heterocycles. The zero-order chi connectivity index (χ0) is 33.0. The third-order valence-electron chi connectivity index (χ3n) is 6.45. The number of aliphatic imine (C=N–C) groups is 1. The van der Waals surface area contributed by atoms with Crippen molar-refractivity contribution in [2.45, 2.75) is 39.7 Å². The maximum absolute atomic E-state index is 14.9. The number of aryl methyl sites for hydroxylation is 2. The SMILES string of the molecule is CCCc1ccc(C)cc1N1C(=O)CS/C1=N\C(=O)Nc1c(F)cc(OCc2ncn(-c3ccc(OC(F)(F)F)cc3)n2)cc1F. The lowest BCUT2D eigenvalue weighted by Crippen LogP contribution is -2.31. The molecule has 0 radical (unpaired) electrons. The average Bonchev–Trinajstić information content (AvgIpc) is 3.61. The number of nitrogens with zero attached hydrogens (tertiary/aromatic N) is 5. The molecule has 0 atom stereocenters. The fourth-order valence-corrected chi connectivity index (χ4v) is 5.31. The van der Waals surface area contributed by atoms with Gasteiger partial charge in [0.25, 0.3) is 0 Å². The average molecular weight is 661 g/mol. The molecule has 0 aliphatic carbocycles. The van der Waals surface area contributed by atoms with E-state index in [-0.39, 0.29) is 35.0 Å². The molecule has 1 aliphatic rings. The van der Waals surface area contributed by atoms with E-state index in [1.807, 2.05) is 32.0 Å². The van der Waals surface area contributed by atoms with Crippen molar-refractivity contribution in [2.24, 2.45) is 4.99 Å². The van der Waals surface area contributed by atoms with E-state index in [4.69, 9.17) is 4.74 Å². The number of amides is 3. The summed E-state index contributed by atoms with van der Waals surface area (Å²) in [4.78, 5) is 34.8. The Labute approximate surface area is 263 Å². The first-order valence-corrected chi connectivity index (χ1v) is 14.7. The van der Waals surface area contributed by atoms with Gasteiger partial charge >= 0.3 is 12.4 Å². The Balaban J connectivity index is 1.24. The highest BCUT2D eigenvalue weighted by molar-refractivity contribution is 8.15. The normalized spacial score (nSPS) is 14.2. The van der Waals surface area contributed by atoms with Crippen molar-refractivity contribution < 1.29 is 41.0 Å². The van der Waals surface area contributed by atoms with Gasteiger partial charge in [-0.25, -0.2) is 23.2 Å². The third-order valence-corrected chi connectivity index (χ3v) is 7.38. The fourth-order valence-electron chi connectivity index (χ4n) is 4.46. The molecule has 0 saturated carbocycles. The van der Waals surface area contributed by atoms with Crippen LogP contribution < -0.4 is 19.7 Å². The van der Waals surface area contributed by atoms with Crippen LogP contribution in [0, 0.1) is 18.6 Å². The minimum Gasteiger partial charge on any atom is -0.485 e. The minimum atomic E-state index is -4.82. The number of anilines is 2. The topological polar surface area (TPSA) is 111 Å². The van der Waals surface area contributed by atoms with Crippen LogP contribution >= 0.6 is 11.8 Å². The van der Waals surface area contributed by atoms with E-state index < -0.39 is 35.5 Å². The minimum absolute atomic E-state index is 0.0523. The van der Waals surface area contributed by atoms with Crippen LogP contribution in [0.4, 0.5) is 38.1 Å². The molecule has 0 unspecified atom stereocenters. The summed E-state index contributed by atoms with van der Waals surface area (Å²) in [7, 11) is 0. The largest absolute Gasteiger partial charge is 0.573 e. The molecule has 3 amide bonds. The highest BCUT2D eigenvalue weighted by Gasteiger charge is 2.32. The number of aromatic nitrogens is 3. The van der Waals surface area contributed by atoms with Crippen LogP contribution in [0.5, 0.6) is 11.5 Å². The van der Waals surface area contributed by atoms with E-state index in [1.54, 1.807) is 0 Å². The highest BCUT2D eigenvalue weighted by atomic mass is 32.2. The molecule has 240 valence electrons. The number of urea groups is 1. The number of nitrogens with one attached hydrogen (secondary N) is 1. The molecular weight excluding hydrogens is 635 g/mol. The Morgan fingerprint density at radius 2 is 1.78 bits per heavy atom. The van der Waals surface area contributed by atoms with Gasteiger partial charge in [0, 0.05) is 12.1 Å². The predicted octanol–water partition coefficient (Wildman–Crippen LogP) is 6.95. The lowest BCUT2D eigenvalue weighted by molar-refractivity contribution is -0.274. The predicted molar refractivity (Wildman–Crippen MR) is 160 cm³/mol. The van der Waals surface area contributed by atoms with Crippen LogP contribution in [-0.4, -0.2) is 44.0 Å². The van der Waals surface area contributed by atoms with Crippen LogP contribution in [-0.2, 0) is 17.8 Å². The number of rotatable bonds is 9. The first kappa shape index (κ1) is 32.4. The zero-order valence-electron chi connectivity index (χ0n) is 24.3. The summed E-state index contributed by atoms with van der Waals surface area (Å²) in [5.74, 6) is -3.03. The zero-order valence-corrected chi connectivity index (χ0v) is 25.1. The molecule has 5 rings (SSSR count). The Morgan fingerprint density at radius 3 is 2.46 bits per heavy atom. The molecule has 1 fully saturated rings. The second-order valence-electron chi connectivity index (χ2n) is 9.92. The number of hydrogen-bond acceptors (Lipinski definition) is 7. The lowest BCUT2D eigenvalue weighted by Gasteiger charge is -2.20. The van der Waals surface area contributed by atoms with Gasteiger partial charge in [0.2, 0.25) is 5.91 Å². The molecule has 2 heterocycles. The number of ether oxygens (including phenoxy) is 2. The van der Waals surface area contributed by atoms with Gasteiger partial charge in [0.05, 0.1) is 17.1 Å². The molecule has 4 aromatic rings. The van der Waals surface area contributed by atoms with Crippen LogP contribution in [0.2, 0.25) is 0 Å². The Hall–Kier alpha value is -4.99. The second kappa shape index (κ2) is 13.6. The van der Waals surface area contributed by atoms with Gasteiger partial charge in [-0.1, -0.05) is 37.2 Å². The smallest absolute Gasteiger partial charge is 0.485 e. The lowest BCUT2D eigenvalue weighted by atomic mass is 10.0. The second-order valence-corrected chi connectivity index (χ2v) is 10.9. The number of halogens is 5. The van der Waals surface area contributed by atoms with E-state index in [2.05, 4.69) is 25.1 Å². The van der Waals surface area contributed by atoms with Crippen molar-refractivity contribution in [1.82, 2.24) is 14.8 Å². The van der Waals surface area contributed by atoms with Crippen molar-refractivity contribution in [3.8, 4) is 17.2 Å². The first-order valence-electron chi connectivity index (χ1n) is 13.7. The van der Waals surface area contributed by atoms with Gasteiger partial charge in [0.1, 0.15) is 30.1 Å². The molecule has 10 nitrogen and oxygen atoms in total. The maximum atomic E-state index is 14.9. The molecule has 1 aromatic heterocycles. The van der Waals surface area contributed by atoms with Gasteiger partial charge in [-0.2, -0.15) is 4.99 Å². The van der Waals surface area contributed by atoms with Crippen LogP contribution in [0.1, 0.15) is 30.3 Å². The summed E-state index contributed by atoms with van der Waals surface area (Å²) in [6.07, 6.45) is -2.02. The first-order chi connectivity index (χ1) is 21.9. The van der Waals surface area contributed by atoms with Crippen LogP contribution in [0.25, 0.3) is 5.69 Å². The van der Waals surface area contributed by atoms with E-state index in [9.17, 15) is 31.5 Å². The maximum Gasteiger partial charge on any atom is 0.573 e. The van der Waals surface area contributed by atoms with E-state index in [1.165, 1.54) is 28.0 Å². The number of carbonyl (C=O) groups excluding carboxylic acids is 2. The number of thioether (sulfide) groups is 1. The summed E-state index contributed by atoms with van der Waals surface area (Å²) in [5.41, 5.74) is 2.03. The van der Waals surface area contributed by atoms with Crippen molar-refractivity contribution in [2.75, 3.05) is 16.0 Å². The molecule has 46 heavy (non-hydrogen) atoms. The van der Waals surface area contributed by atoms with E-state index >= 15 is 0 Å².